The summed E-state index contributed by atoms with van der Waals surface area (Å²) in [6.45, 7) is 0.684. The highest BCUT2D eigenvalue weighted by Crippen LogP contribution is 2.23. The average Bonchev–Trinajstić information content (AvgIpc) is 2.65. The molecular weight excluding hydrogens is 180 g/mol. The maximum atomic E-state index is 8.83. The number of anilines is 1. The third-order valence-corrected chi connectivity index (χ3v) is 2.16. The highest BCUT2D eigenvalue weighted by atomic mass is 16.3. The van der Waals surface area contributed by atoms with Gasteiger partial charge in [0.15, 0.2) is 0 Å². The summed E-state index contributed by atoms with van der Waals surface area (Å²) in [6.07, 6.45) is 3.34. The van der Waals surface area contributed by atoms with E-state index in [0.717, 1.165) is 16.8 Å². The van der Waals surface area contributed by atoms with E-state index >= 15 is 0 Å². The lowest BCUT2D eigenvalue weighted by atomic mass is 10.3. The summed E-state index contributed by atoms with van der Waals surface area (Å²) < 4.78 is 5.26. The number of nitrogens with zero attached hydrogens (tertiary/aromatic N) is 2. The molecule has 14 heavy (non-hydrogen) atoms. The van der Waals surface area contributed by atoms with Crippen molar-refractivity contribution in [2.24, 2.45) is 0 Å². The molecule has 0 aliphatic rings. The molecule has 74 valence electrons. The summed E-state index contributed by atoms with van der Waals surface area (Å²) in [5.41, 5.74) is 0.819. The fourth-order valence-electron chi connectivity index (χ4n) is 1.44. The van der Waals surface area contributed by atoms with Crippen LogP contribution >= 0.6 is 0 Å². The molecule has 0 unspecified atom stereocenters. The van der Waals surface area contributed by atoms with Gasteiger partial charge in [0.2, 0.25) is 0 Å². The van der Waals surface area contributed by atoms with E-state index < -0.39 is 0 Å². The minimum absolute atomic E-state index is 0.117. The Bertz CT molecular complexity index is 425. The zero-order valence-electron chi connectivity index (χ0n) is 7.97. The predicted octanol–water partition coefficient (Wildman–Crippen LogP) is 1.26. The van der Waals surface area contributed by atoms with Crippen LogP contribution in [0, 0.1) is 0 Å². The molecule has 2 aromatic rings. The van der Waals surface area contributed by atoms with Crippen molar-refractivity contribution in [3.05, 3.63) is 24.6 Å². The summed E-state index contributed by atoms with van der Waals surface area (Å²) in [6, 6.07) is 3.71. The van der Waals surface area contributed by atoms with Crippen LogP contribution in [0.5, 0.6) is 0 Å². The van der Waals surface area contributed by atoms with Gasteiger partial charge in [-0.25, -0.2) is 4.98 Å². The third kappa shape index (κ3) is 1.44. The highest BCUT2D eigenvalue weighted by molar-refractivity contribution is 5.88. The standard InChI is InChI=1S/C10H12N2O2/c1-12(5-6-13)10-8-3-7-14-9(8)2-4-11-10/h2-4,7,13H,5-6H2,1H3. The SMILES string of the molecule is CN(CCO)c1nccc2occc12. The first-order valence-electron chi connectivity index (χ1n) is 4.47. The topological polar surface area (TPSA) is 49.5 Å². The number of likely N-dealkylation sites (N-methyl/N-ethyl adjacent to an activating group) is 1. The van der Waals surface area contributed by atoms with E-state index in [-0.39, 0.29) is 6.61 Å². The molecule has 0 saturated carbocycles. The van der Waals surface area contributed by atoms with Crippen molar-refractivity contribution in [3.63, 3.8) is 0 Å². The quantitative estimate of drug-likeness (QED) is 0.795. The van der Waals surface area contributed by atoms with Crippen molar-refractivity contribution in [1.82, 2.24) is 4.98 Å². The number of fused-ring (bicyclic) bond motifs is 1. The van der Waals surface area contributed by atoms with Crippen LogP contribution in [0.2, 0.25) is 0 Å². The largest absolute Gasteiger partial charge is 0.464 e. The first-order valence-corrected chi connectivity index (χ1v) is 4.47. The summed E-state index contributed by atoms with van der Waals surface area (Å²) in [5, 5.41) is 9.80. The lowest BCUT2D eigenvalue weighted by Gasteiger charge is -2.16. The molecule has 2 heterocycles. The van der Waals surface area contributed by atoms with Crippen molar-refractivity contribution >= 4 is 16.8 Å². The Kier molecular flexibility index (Phi) is 2.37. The van der Waals surface area contributed by atoms with Gasteiger partial charge >= 0.3 is 0 Å². The first kappa shape index (κ1) is 9.02. The van der Waals surface area contributed by atoms with Crippen molar-refractivity contribution in [2.45, 2.75) is 0 Å². The van der Waals surface area contributed by atoms with Crippen LogP contribution in [-0.2, 0) is 0 Å². The second-order valence-electron chi connectivity index (χ2n) is 3.11. The zero-order valence-corrected chi connectivity index (χ0v) is 7.97. The lowest BCUT2D eigenvalue weighted by Crippen LogP contribution is -2.22. The number of hydrogen-bond acceptors (Lipinski definition) is 4. The minimum atomic E-state index is 0.117. The van der Waals surface area contributed by atoms with E-state index in [9.17, 15) is 0 Å². The Balaban J connectivity index is 2.45. The molecule has 0 saturated heterocycles. The van der Waals surface area contributed by atoms with Crippen LogP contribution in [0.15, 0.2) is 29.0 Å². The second-order valence-corrected chi connectivity index (χ2v) is 3.11. The van der Waals surface area contributed by atoms with E-state index in [1.165, 1.54) is 0 Å². The highest BCUT2D eigenvalue weighted by Gasteiger charge is 2.08. The fraction of sp³-hybridized carbons (Fsp3) is 0.300. The molecule has 0 aromatic carbocycles. The van der Waals surface area contributed by atoms with Gasteiger partial charge in [0.1, 0.15) is 11.4 Å². The van der Waals surface area contributed by atoms with Crippen LogP contribution in [0.4, 0.5) is 5.82 Å². The Morgan fingerprint density at radius 2 is 2.36 bits per heavy atom. The molecule has 2 aromatic heterocycles. The Labute approximate surface area is 81.8 Å². The van der Waals surface area contributed by atoms with Crippen molar-refractivity contribution in [2.75, 3.05) is 25.1 Å². The summed E-state index contributed by atoms with van der Waals surface area (Å²) >= 11 is 0. The molecule has 4 heteroatoms. The molecule has 0 aliphatic carbocycles. The maximum absolute atomic E-state index is 8.83. The van der Waals surface area contributed by atoms with E-state index in [4.69, 9.17) is 9.52 Å². The Morgan fingerprint density at radius 3 is 3.14 bits per heavy atom. The van der Waals surface area contributed by atoms with Crippen molar-refractivity contribution < 1.29 is 9.52 Å². The van der Waals surface area contributed by atoms with Gasteiger partial charge in [0.25, 0.3) is 0 Å². The molecule has 0 aliphatic heterocycles. The number of aliphatic hydroxyl groups is 1. The van der Waals surface area contributed by atoms with E-state index in [1.54, 1.807) is 12.5 Å². The van der Waals surface area contributed by atoms with Crippen LogP contribution in [0.25, 0.3) is 11.0 Å². The molecule has 0 spiro atoms. The molecule has 2 rings (SSSR count). The normalized spacial score (nSPS) is 10.7. The molecule has 4 nitrogen and oxygen atoms in total. The van der Waals surface area contributed by atoms with Crippen molar-refractivity contribution in [3.8, 4) is 0 Å². The monoisotopic (exact) mass is 192 g/mol. The zero-order chi connectivity index (χ0) is 9.97. The molecule has 0 fully saturated rings. The number of hydrogen-bond donors (Lipinski definition) is 1. The smallest absolute Gasteiger partial charge is 0.139 e. The van der Waals surface area contributed by atoms with Crippen LogP contribution in [-0.4, -0.2) is 30.3 Å². The van der Waals surface area contributed by atoms with Gasteiger partial charge in [-0.15, -0.1) is 0 Å². The van der Waals surface area contributed by atoms with Gasteiger partial charge in [0, 0.05) is 19.8 Å². The number of pyridine rings is 1. The van der Waals surface area contributed by atoms with E-state index in [1.807, 2.05) is 24.1 Å². The molecular formula is C10H12N2O2. The molecule has 0 radical (unpaired) electrons. The number of rotatable bonds is 3. The van der Waals surface area contributed by atoms with Gasteiger partial charge in [-0.05, 0) is 12.1 Å². The minimum Gasteiger partial charge on any atom is -0.464 e. The average molecular weight is 192 g/mol. The molecule has 0 amide bonds. The number of aliphatic hydroxyl groups excluding tert-OH is 1. The van der Waals surface area contributed by atoms with E-state index in [2.05, 4.69) is 4.98 Å². The number of aromatic nitrogens is 1. The van der Waals surface area contributed by atoms with Gasteiger partial charge < -0.3 is 14.4 Å². The summed E-state index contributed by atoms with van der Waals surface area (Å²) in [4.78, 5) is 6.15. The first-order chi connectivity index (χ1) is 6.83. The lowest BCUT2D eigenvalue weighted by molar-refractivity contribution is 0.304. The maximum Gasteiger partial charge on any atom is 0.139 e. The van der Waals surface area contributed by atoms with Crippen LogP contribution < -0.4 is 4.90 Å². The van der Waals surface area contributed by atoms with Crippen LogP contribution in [0.3, 0.4) is 0 Å². The molecule has 0 bridgehead atoms. The van der Waals surface area contributed by atoms with Gasteiger partial charge in [-0.2, -0.15) is 0 Å². The fourth-order valence-corrected chi connectivity index (χ4v) is 1.44. The number of furan rings is 1. The van der Waals surface area contributed by atoms with E-state index in [0.29, 0.717) is 6.54 Å². The second kappa shape index (κ2) is 3.67. The Morgan fingerprint density at radius 1 is 1.50 bits per heavy atom. The van der Waals surface area contributed by atoms with Gasteiger partial charge in [0.05, 0.1) is 18.3 Å². The Hall–Kier alpha value is -1.55. The summed E-state index contributed by atoms with van der Waals surface area (Å²) in [7, 11) is 1.89. The molecule has 0 atom stereocenters. The third-order valence-electron chi connectivity index (χ3n) is 2.16. The summed E-state index contributed by atoms with van der Waals surface area (Å²) in [5.74, 6) is 0.838. The molecule has 1 N–H and O–H groups in total. The van der Waals surface area contributed by atoms with Gasteiger partial charge in [-0.1, -0.05) is 0 Å². The van der Waals surface area contributed by atoms with Crippen molar-refractivity contribution in [1.29, 1.82) is 0 Å². The van der Waals surface area contributed by atoms with Crippen LogP contribution in [0.1, 0.15) is 0 Å². The van der Waals surface area contributed by atoms with Gasteiger partial charge in [-0.3, -0.25) is 0 Å². The predicted molar refractivity (Wildman–Crippen MR) is 54.4 cm³/mol.